The van der Waals surface area contributed by atoms with E-state index in [-0.39, 0.29) is 5.76 Å². The van der Waals surface area contributed by atoms with Crippen molar-refractivity contribution in [1.29, 1.82) is 0 Å². The molecule has 0 aromatic carbocycles. The third-order valence-corrected chi connectivity index (χ3v) is 1.15. The fourth-order valence-electron chi connectivity index (χ4n) is 0.468. The maximum absolute atomic E-state index is 8.86. The minimum Gasteiger partial charge on any atom is -0.510 e. The SMILES string of the molecule is CC=C(O)[C@H](O)[C@H](O)CO. The van der Waals surface area contributed by atoms with Gasteiger partial charge in [0, 0.05) is 0 Å². The van der Waals surface area contributed by atoms with Gasteiger partial charge in [-0.3, -0.25) is 0 Å². The predicted molar refractivity (Wildman–Crippen MR) is 35.5 cm³/mol. The van der Waals surface area contributed by atoms with Crippen molar-refractivity contribution in [3.63, 3.8) is 0 Å². The average Bonchev–Trinajstić information content (AvgIpc) is 2.00. The zero-order valence-electron chi connectivity index (χ0n) is 5.73. The van der Waals surface area contributed by atoms with Gasteiger partial charge >= 0.3 is 0 Å². The molecule has 0 fully saturated rings. The van der Waals surface area contributed by atoms with Crippen molar-refractivity contribution >= 4 is 0 Å². The Bertz CT molecular complexity index is 121. The predicted octanol–water partition coefficient (Wildman–Crippen LogP) is -0.838. The Labute approximate surface area is 59.1 Å². The van der Waals surface area contributed by atoms with E-state index in [1.54, 1.807) is 0 Å². The quantitative estimate of drug-likeness (QED) is 0.393. The van der Waals surface area contributed by atoms with Gasteiger partial charge in [-0.1, -0.05) is 0 Å². The Balaban J connectivity index is 3.94. The van der Waals surface area contributed by atoms with Crippen molar-refractivity contribution in [3.05, 3.63) is 11.8 Å². The lowest BCUT2D eigenvalue weighted by Crippen LogP contribution is -2.30. The molecule has 60 valence electrons. The summed E-state index contributed by atoms with van der Waals surface area (Å²) in [5, 5.41) is 34.7. The molecular weight excluding hydrogens is 136 g/mol. The molecule has 4 heteroatoms. The summed E-state index contributed by atoms with van der Waals surface area (Å²) >= 11 is 0. The molecule has 0 bridgehead atoms. The molecule has 0 rings (SSSR count). The Morgan fingerprint density at radius 3 is 2.30 bits per heavy atom. The third kappa shape index (κ3) is 2.34. The molecule has 0 radical (unpaired) electrons. The van der Waals surface area contributed by atoms with E-state index in [4.69, 9.17) is 20.4 Å². The van der Waals surface area contributed by atoms with Gasteiger partial charge in [-0.15, -0.1) is 0 Å². The normalized spacial score (nSPS) is 18.6. The van der Waals surface area contributed by atoms with E-state index in [0.29, 0.717) is 0 Å². The topological polar surface area (TPSA) is 80.9 Å². The average molecular weight is 148 g/mol. The second-order valence-corrected chi connectivity index (χ2v) is 1.91. The maximum atomic E-state index is 8.86. The second kappa shape index (κ2) is 4.27. The lowest BCUT2D eigenvalue weighted by molar-refractivity contribution is -0.0134. The van der Waals surface area contributed by atoms with E-state index in [1.165, 1.54) is 13.0 Å². The summed E-state index contributed by atoms with van der Waals surface area (Å²) in [6, 6.07) is 0. The van der Waals surface area contributed by atoms with Gasteiger partial charge in [-0.05, 0) is 13.0 Å². The smallest absolute Gasteiger partial charge is 0.138 e. The van der Waals surface area contributed by atoms with Gasteiger partial charge in [0.15, 0.2) is 0 Å². The van der Waals surface area contributed by atoms with Crippen LogP contribution in [-0.4, -0.2) is 39.2 Å². The first-order valence-corrected chi connectivity index (χ1v) is 2.95. The highest BCUT2D eigenvalue weighted by atomic mass is 16.4. The molecule has 4 N–H and O–H groups in total. The lowest BCUT2D eigenvalue weighted by Gasteiger charge is -2.13. The largest absolute Gasteiger partial charge is 0.510 e. The number of aliphatic hydroxyl groups is 4. The standard InChI is InChI=1S/C6H12O4/c1-2-4(8)6(10)5(9)3-7/h2,5-10H,3H2,1H3/t5-,6+/m1/s1. The highest BCUT2D eigenvalue weighted by Gasteiger charge is 2.17. The molecule has 0 saturated heterocycles. The molecule has 2 atom stereocenters. The summed E-state index contributed by atoms with van der Waals surface area (Å²) in [6.07, 6.45) is -1.44. The van der Waals surface area contributed by atoms with Crippen LogP contribution in [0.2, 0.25) is 0 Å². The van der Waals surface area contributed by atoms with Crippen molar-refractivity contribution in [3.8, 4) is 0 Å². The van der Waals surface area contributed by atoms with Gasteiger partial charge in [0.25, 0.3) is 0 Å². The van der Waals surface area contributed by atoms with Crippen LogP contribution < -0.4 is 0 Å². The van der Waals surface area contributed by atoms with E-state index >= 15 is 0 Å². The Morgan fingerprint density at radius 2 is 2.00 bits per heavy atom. The fourth-order valence-corrected chi connectivity index (χ4v) is 0.468. The van der Waals surface area contributed by atoms with E-state index < -0.39 is 18.8 Å². The van der Waals surface area contributed by atoms with E-state index in [9.17, 15) is 0 Å². The van der Waals surface area contributed by atoms with Crippen molar-refractivity contribution < 1.29 is 20.4 Å². The summed E-state index contributed by atoms with van der Waals surface area (Å²) in [7, 11) is 0. The van der Waals surface area contributed by atoms with Crippen LogP contribution in [-0.2, 0) is 0 Å². The summed E-state index contributed by atoms with van der Waals surface area (Å²) in [5.41, 5.74) is 0. The minimum absolute atomic E-state index is 0.332. The molecule has 0 aliphatic heterocycles. The molecule has 0 amide bonds. The summed E-state index contributed by atoms with van der Waals surface area (Å²) < 4.78 is 0. The number of hydrogen-bond acceptors (Lipinski definition) is 4. The molecule has 0 aliphatic carbocycles. The molecular formula is C6H12O4. The molecule has 0 saturated carbocycles. The van der Waals surface area contributed by atoms with E-state index in [0.717, 1.165) is 0 Å². The number of aliphatic hydroxyl groups excluding tert-OH is 4. The summed E-state index contributed by atoms with van der Waals surface area (Å²) in [5.74, 6) is -0.332. The van der Waals surface area contributed by atoms with Gasteiger partial charge < -0.3 is 20.4 Å². The molecule has 0 aliphatic rings. The van der Waals surface area contributed by atoms with Gasteiger partial charge in [-0.2, -0.15) is 0 Å². The zero-order chi connectivity index (χ0) is 8.15. The first-order chi connectivity index (χ1) is 4.63. The third-order valence-electron chi connectivity index (χ3n) is 1.15. The molecule has 10 heavy (non-hydrogen) atoms. The fraction of sp³-hybridized carbons (Fsp3) is 0.667. The zero-order valence-corrected chi connectivity index (χ0v) is 5.73. The number of rotatable bonds is 3. The van der Waals surface area contributed by atoms with Gasteiger partial charge in [-0.25, -0.2) is 0 Å². The Morgan fingerprint density at radius 1 is 1.50 bits per heavy atom. The van der Waals surface area contributed by atoms with Crippen LogP contribution in [0.5, 0.6) is 0 Å². The van der Waals surface area contributed by atoms with Crippen molar-refractivity contribution in [2.24, 2.45) is 0 Å². The van der Waals surface area contributed by atoms with Crippen LogP contribution in [0.25, 0.3) is 0 Å². The van der Waals surface area contributed by atoms with Gasteiger partial charge in [0.1, 0.15) is 18.0 Å². The van der Waals surface area contributed by atoms with Gasteiger partial charge in [0.2, 0.25) is 0 Å². The first kappa shape index (κ1) is 9.42. The van der Waals surface area contributed by atoms with Crippen LogP contribution in [0.4, 0.5) is 0 Å². The second-order valence-electron chi connectivity index (χ2n) is 1.91. The van der Waals surface area contributed by atoms with Crippen LogP contribution in [0.15, 0.2) is 11.8 Å². The number of hydrogen-bond donors (Lipinski definition) is 4. The highest BCUT2D eigenvalue weighted by Crippen LogP contribution is 2.02. The van der Waals surface area contributed by atoms with Crippen LogP contribution in [0.1, 0.15) is 6.92 Å². The van der Waals surface area contributed by atoms with E-state index in [2.05, 4.69) is 0 Å². The Hall–Kier alpha value is -0.580. The maximum Gasteiger partial charge on any atom is 0.138 e. The molecule has 0 spiro atoms. The van der Waals surface area contributed by atoms with E-state index in [1.807, 2.05) is 0 Å². The van der Waals surface area contributed by atoms with Crippen molar-refractivity contribution in [1.82, 2.24) is 0 Å². The van der Waals surface area contributed by atoms with Crippen molar-refractivity contribution in [2.45, 2.75) is 19.1 Å². The van der Waals surface area contributed by atoms with Crippen molar-refractivity contribution in [2.75, 3.05) is 6.61 Å². The monoisotopic (exact) mass is 148 g/mol. The molecule has 0 unspecified atom stereocenters. The number of allylic oxidation sites excluding steroid dienone is 1. The molecule has 0 heterocycles. The van der Waals surface area contributed by atoms with Crippen LogP contribution in [0.3, 0.4) is 0 Å². The Kier molecular flexibility index (Phi) is 4.02. The summed E-state index contributed by atoms with van der Waals surface area (Å²) in [6.45, 7) is 0.946. The molecule has 0 aromatic rings. The minimum atomic E-state index is -1.38. The highest BCUT2D eigenvalue weighted by molar-refractivity contribution is 4.98. The first-order valence-electron chi connectivity index (χ1n) is 2.95. The molecule has 4 nitrogen and oxygen atoms in total. The van der Waals surface area contributed by atoms with Crippen LogP contribution in [0, 0.1) is 0 Å². The van der Waals surface area contributed by atoms with Crippen LogP contribution >= 0.6 is 0 Å². The molecule has 0 aromatic heterocycles. The van der Waals surface area contributed by atoms with Gasteiger partial charge in [0.05, 0.1) is 6.61 Å². The lowest BCUT2D eigenvalue weighted by atomic mass is 10.2. The summed E-state index contributed by atoms with van der Waals surface area (Å²) in [4.78, 5) is 0.